The highest BCUT2D eigenvalue weighted by Gasteiger charge is 2.29. The molecule has 2 aliphatic heterocycles. The van der Waals surface area contributed by atoms with E-state index in [-0.39, 0.29) is 30.2 Å². The first-order valence-corrected chi connectivity index (χ1v) is 12.8. The number of piperazine rings is 1. The van der Waals surface area contributed by atoms with E-state index in [2.05, 4.69) is 22.9 Å². The van der Waals surface area contributed by atoms with Crippen LogP contribution < -0.4 is 4.74 Å². The van der Waals surface area contributed by atoms with Gasteiger partial charge < -0.3 is 19.3 Å². The number of amides is 1. The zero-order valence-corrected chi connectivity index (χ0v) is 21.2. The zero-order valence-electron chi connectivity index (χ0n) is 21.2. The number of likely N-dealkylation sites (tertiary alicyclic amines) is 1. The number of rotatable bonds is 8. The van der Waals surface area contributed by atoms with Crippen LogP contribution in [0.2, 0.25) is 0 Å². The number of nitrogens with zero attached hydrogens (tertiary/aromatic N) is 3. The molecule has 194 valence electrons. The van der Waals surface area contributed by atoms with Crippen LogP contribution in [0.1, 0.15) is 25.3 Å². The average Bonchev–Trinajstić information content (AvgIpc) is 2.89. The Morgan fingerprint density at radius 1 is 1.00 bits per heavy atom. The minimum Gasteiger partial charge on any atom is -0.483 e. The molecule has 0 spiro atoms. The summed E-state index contributed by atoms with van der Waals surface area (Å²) in [6, 6.07) is 12.4. The van der Waals surface area contributed by atoms with Crippen LogP contribution in [0.25, 0.3) is 11.1 Å². The van der Waals surface area contributed by atoms with Crippen LogP contribution in [0, 0.1) is 11.7 Å². The number of esters is 1. The van der Waals surface area contributed by atoms with Gasteiger partial charge in [0.25, 0.3) is 5.91 Å². The topological polar surface area (TPSA) is 62.3 Å². The Morgan fingerprint density at radius 2 is 1.72 bits per heavy atom. The smallest absolute Gasteiger partial charge is 0.310 e. The molecule has 8 heteroatoms. The highest BCUT2D eigenvalue weighted by molar-refractivity contribution is 5.80. The molecule has 2 aliphatic rings. The monoisotopic (exact) mass is 497 g/mol. The second kappa shape index (κ2) is 12.3. The summed E-state index contributed by atoms with van der Waals surface area (Å²) >= 11 is 0. The molecule has 2 aromatic rings. The van der Waals surface area contributed by atoms with Crippen LogP contribution in [0.5, 0.6) is 5.75 Å². The molecule has 1 amide bonds. The number of benzene rings is 2. The summed E-state index contributed by atoms with van der Waals surface area (Å²) in [5, 5.41) is 0. The summed E-state index contributed by atoms with van der Waals surface area (Å²) in [5.41, 5.74) is 2.90. The van der Waals surface area contributed by atoms with E-state index in [4.69, 9.17) is 9.47 Å². The van der Waals surface area contributed by atoms with E-state index in [1.54, 1.807) is 24.0 Å². The fraction of sp³-hybridized carbons (Fsp3) is 0.500. The molecular formula is C28H36FN3O4. The van der Waals surface area contributed by atoms with Gasteiger partial charge in [0.15, 0.2) is 6.61 Å². The zero-order chi connectivity index (χ0) is 25.5. The molecule has 0 bridgehead atoms. The van der Waals surface area contributed by atoms with Crippen LogP contribution in [-0.2, 0) is 20.9 Å². The predicted molar refractivity (Wildman–Crippen MR) is 136 cm³/mol. The van der Waals surface area contributed by atoms with Crippen LogP contribution >= 0.6 is 0 Å². The van der Waals surface area contributed by atoms with Gasteiger partial charge in [0.05, 0.1) is 12.5 Å². The van der Waals surface area contributed by atoms with Crippen LogP contribution in [-0.4, -0.2) is 86.1 Å². The molecule has 1 unspecified atom stereocenters. The van der Waals surface area contributed by atoms with Crippen molar-refractivity contribution in [2.24, 2.45) is 5.92 Å². The van der Waals surface area contributed by atoms with Crippen molar-refractivity contribution in [2.75, 3.05) is 59.5 Å². The van der Waals surface area contributed by atoms with E-state index in [1.165, 1.54) is 12.1 Å². The SMILES string of the molecule is CCOC(=O)C1CCCN(C(=O)COc2ccc(-c3ccc(F)cc3)cc2CN2CCN(C)CC2)C1. The standard InChI is InChI=1S/C28H36FN3O4/c1-3-35-28(34)23-5-4-12-32(19-23)27(33)20-36-26-11-8-22(21-6-9-25(29)10-7-21)17-24(26)18-31-15-13-30(2)14-16-31/h6-11,17,23H,3-5,12-16,18-20H2,1-2H3. The van der Waals surface area contributed by atoms with Gasteiger partial charge in [0, 0.05) is 51.4 Å². The Hall–Kier alpha value is -2.97. The number of carbonyl (C=O) groups excluding carboxylic acids is 2. The highest BCUT2D eigenvalue weighted by atomic mass is 19.1. The number of likely N-dealkylation sites (N-methyl/N-ethyl adjacent to an activating group) is 1. The summed E-state index contributed by atoms with van der Waals surface area (Å²) in [6.45, 7) is 7.68. The molecule has 2 fully saturated rings. The molecule has 0 radical (unpaired) electrons. The number of hydrogen-bond donors (Lipinski definition) is 0. The second-order valence-electron chi connectivity index (χ2n) is 9.63. The lowest BCUT2D eigenvalue weighted by molar-refractivity contribution is -0.151. The van der Waals surface area contributed by atoms with E-state index >= 15 is 0 Å². The number of ether oxygens (including phenoxy) is 2. The molecule has 2 saturated heterocycles. The molecule has 0 N–H and O–H groups in total. The molecule has 4 rings (SSSR count). The largest absolute Gasteiger partial charge is 0.483 e. The van der Waals surface area contributed by atoms with Gasteiger partial charge >= 0.3 is 5.97 Å². The molecule has 36 heavy (non-hydrogen) atoms. The van der Waals surface area contributed by atoms with Crippen molar-refractivity contribution in [3.63, 3.8) is 0 Å². The fourth-order valence-electron chi connectivity index (χ4n) is 4.80. The number of hydrogen-bond acceptors (Lipinski definition) is 6. The van der Waals surface area contributed by atoms with Crippen molar-refractivity contribution < 1.29 is 23.5 Å². The maximum absolute atomic E-state index is 13.4. The molecule has 2 aromatic carbocycles. The lowest BCUT2D eigenvalue weighted by Crippen LogP contribution is -2.45. The molecule has 7 nitrogen and oxygen atoms in total. The Bertz CT molecular complexity index is 1040. The first kappa shape index (κ1) is 26.1. The van der Waals surface area contributed by atoms with Crippen molar-refractivity contribution in [3.05, 3.63) is 53.8 Å². The summed E-state index contributed by atoms with van der Waals surface area (Å²) in [5.74, 6) is -0.228. The van der Waals surface area contributed by atoms with Crippen molar-refractivity contribution in [1.82, 2.24) is 14.7 Å². The van der Waals surface area contributed by atoms with Crippen LogP contribution in [0.4, 0.5) is 4.39 Å². The maximum Gasteiger partial charge on any atom is 0.310 e. The summed E-state index contributed by atoms with van der Waals surface area (Å²) in [6.07, 6.45) is 1.51. The molecule has 2 heterocycles. The van der Waals surface area contributed by atoms with Crippen LogP contribution in [0.15, 0.2) is 42.5 Å². The molecule has 1 atom stereocenters. The van der Waals surface area contributed by atoms with E-state index in [9.17, 15) is 14.0 Å². The van der Waals surface area contributed by atoms with Gasteiger partial charge in [0.2, 0.25) is 0 Å². The van der Waals surface area contributed by atoms with Crippen molar-refractivity contribution in [3.8, 4) is 16.9 Å². The second-order valence-corrected chi connectivity index (χ2v) is 9.63. The Morgan fingerprint density at radius 3 is 2.44 bits per heavy atom. The maximum atomic E-state index is 13.4. The minimum atomic E-state index is -0.273. The third-order valence-corrected chi connectivity index (χ3v) is 6.97. The van der Waals surface area contributed by atoms with Gasteiger partial charge in [-0.1, -0.05) is 18.2 Å². The average molecular weight is 498 g/mol. The van der Waals surface area contributed by atoms with Gasteiger partial charge in [-0.05, 0) is 62.2 Å². The van der Waals surface area contributed by atoms with Crippen LogP contribution in [0.3, 0.4) is 0 Å². The van der Waals surface area contributed by atoms with Crippen molar-refractivity contribution >= 4 is 11.9 Å². The molecule has 0 aromatic heterocycles. The van der Waals surface area contributed by atoms with Gasteiger partial charge in [-0.15, -0.1) is 0 Å². The van der Waals surface area contributed by atoms with Gasteiger partial charge in [-0.2, -0.15) is 0 Å². The molecule has 0 saturated carbocycles. The van der Waals surface area contributed by atoms with Gasteiger partial charge in [-0.3, -0.25) is 14.5 Å². The fourth-order valence-corrected chi connectivity index (χ4v) is 4.80. The molecular weight excluding hydrogens is 461 g/mol. The summed E-state index contributed by atoms with van der Waals surface area (Å²) in [4.78, 5) is 31.5. The normalized spacial score (nSPS) is 19.2. The summed E-state index contributed by atoms with van der Waals surface area (Å²) in [7, 11) is 2.12. The summed E-state index contributed by atoms with van der Waals surface area (Å²) < 4.78 is 24.6. The third-order valence-electron chi connectivity index (χ3n) is 6.97. The third kappa shape index (κ3) is 6.83. The Labute approximate surface area is 212 Å². The predicted octanol–water partition coefficient (Wildman–Crippen LogP) is 3.42. The first-order valence-electron chi connectivity index (χ1n) is 12.8. The quantitative estimate of drug-likeness (QED) is 0.521. The highest BCUT2D eigenvalue weighted by Crippen LogP contribution is 2.29. The number of halogens is 1. The lowest BCUT2D eigenvalue weighted by Gasteiger charge is -2.33. The minimum absolute atomic E-state index is 0.0822. The molecule has 0 aliphatic carbocycles. The number of carbonyl (C=O) groups is 2. The van der Waals surface area contributed by atoms with Gasteiger partial charge in [-0.25, -0.2) is 4.39 Å². The van der Waals surface area contributed by atoms with E-state index in [0.717, 1.165) is 55.7 Å². The van der Waals surface area contributed by atoms with E-state index in [0.29, 0.717) is 32.0 Å². The van der Waals surface area contributed by atoms with E-state index < -0.39 is 0 Å². The van der Waals surface area contributed by atoms with Crippen molar-refractivity contribution in [2.45, 2.75) is 26.3 Å². The number of piperidine rings is 1. The Kier molecular flexibility index (Phi) is 8.93. The van der Waals surface area contributed by atoms with E-state index in [1.807, 2.05) is 12.1 Å². The first-order chi connectivity index (χ1) is 17.4. The lowest BCUT2D eigenvalue weighted by atomic mass is 9.98. The van der Waals surface area contributed by atoms with Crippen molar-refractivity contribution in [1.29, 1.82) is 0 Å². The van der Waals surface area contributed by atoms with Gasteiger partial charge in [0.1, 0.15) is 11.6 Å². The Balaban J connectivity index is 1.46.